The first-order chi connectivity index (χ1) is 8.90. The summed E-state index contributed by atoms with van der Waals surface area (Å²) in [5.41, 5.74) is 0.741. The van der Waals surface area contributed by atoms with Crippen LogP contribution in [0.25, 0.3) is 0 Å². The summed E-state index contributed by atoms with van der Waals surface area (Å²) >= 11 is 0. The van der Waals surface area contributed by atoms with Crippen molar-refractivity contribution in [2.75, 3.05) is 13.7 Å². The predicted octanol–water partition coefficient (Wildman–Crippen LogP) is 3.41. The highest BCUT2D eigenvalue weighted by Crippen LogP contribution is 2.27. The zero-order valence-electron chi connectivity index (χ0n) is 12.7. The fourth-order valence-corrected chi connectivity index (χ4v) is 2.41. The summed E-state index contributed by atoms with van der Waals surface area (Å²) in [4.78, 5) is 0. The monoisotopic (exact) mass is 267 g/mol. The van der Waals surface area contributed by atoms with Gasteiger partial charge in [0.1, 0.15) is 5.82 Å². The molecule has 0 bridgehead atoms. The Morgan fingerprint density at radius 1 is 1.26 bits per heavy atom. The van der Waals surface area contributed by atoms with Crippen molar-refractivity contribution in [2.45, 2.75) is 46.3 Å². The van der Waals surface area contributed by atoms with Crippen LogP contribution in [0.2, 0.25) is 0 Å². The van der Waals surface area contributed by atoms with Gasteiger partial charge in [0.2, 0.25) is 0 Å². The molecule has 1 rings (SSSR count). The first-order valence-electron chi connectivity index (χ1n) is 6.92. The van der Waals surface area contributed by atoms with E-state index >= 15 is 0 Å². The number of rotatable bonds is 6. The van der Waals surface area contributed by atoms with E-state index in [4.69, 9.17) is 4.74 Å². The van der Waals surface area contributed by atoms with Crippen LogP contribution in [0.3, 0.4) is 0 Å². The van der Waals surface area contributed by atoms with E-state index in [1.807, 2.05) is 26.1 Å². The van der Waals surface area contributed by atoms with Crippen molar-refractivity contribution in [1.82, 2.24) is 5.32 Å². The summed E-state index contributed by atoms with van der Waals surface area (Å²) in [6, 6.07) is 7.03. The highest BCUT2D eigenvalue weighted by Gasteiger charge is 2.32. The Bertz CT molecular complexity index is 387. The van der Waals surface area contributed by atoms with Crippen molar-refractivity contribution < 1.29 is 9.13 Å². The summed E-state index contributed by atoms with van der Waals surface area (Å²) < 4.78 is 19.7. The quantitative estimate of drug-likeness (QED) is 0.853. The first kappa shape index (κ1) is 16.1. The number of halogens is 1. The Hall–Kier alpha value is -0.930. The molecule has 19 heavy (non-hydrogen) atoms. The highest BCUT2D eigenvalue weighted by atomic mass is 19.1. The third-order valence-corrected chi connectivity index (χ3v) is 3.33. The molecule has 1 N–H and O–H groups in total. The Kier molecular flexibility index (Phi) is 5.95. The first-order valence-corrected chi connectivity index (χ1v) is 6.92. The molecule has 2 atom stereocenters. The van der Waals surface area contributed by atoms with Crippen molar-refractivity contribution in [1.29, 1.82) is 0 Å². The average Bonchev–Trinajstić information content (AvgIpc) is 2.34. The molecule has 0 spiro atoms. The average molecular weight is 267 g/mol. The van der Waals surface area contributed by atoms with E-state index in [1.165, 1.54) is 6.07 Å². The van der Waals surface area contributed by atoms with Gasteiger partial charge in [0.25, 0.3) is 0 Å². The van der Waals surface area contributed by atoms with E-state index in [9.17, 15) is 4.39 Å². The highest BCUT2D eigenvalue weighted by molar-refractivity contribution is 5.19. The third-order valence-electron chi connectivity index (χ3n) is 3.33. The van der Waals surface area contributed by atoms with Gasteiger partial charge in [-0.1, -0.05) is 39.0 Å². The number of hydrogen-bond donors (Lipinski definition) is 1. The van der Waals surface area contributed by atoms with Crippen LogP contribution in [-0.2, 0) is 11.2 Å². The van der Waals surface area contributed by atoms with Crippen LogP contribution in [0, 0.1) is 11.2 Å². The van der Waals surface area contributed by atoms with Crippen molar-refractivity contribution in [3.8, 4) is 0 Å². The molecule has 1 aromatic carbocycles. The predicted molar refractivity (Wildman–Crippen MR) is 77.8 cm³/mol. The maximum Gasteiger partial charge on any atom is 0.126 e. The molecule has 0 heterocycles. The minimum Gasteiger partial charge on any atom is -0.376 e. The second kappa shape index (κ2) is 7.01. The number of ether oxygens (including phenoxy) is 1. The van der Waals surface area contributed by atoms with Crippen LogP contribution in [-0.4, -0.2) is 25.8 Å². The molecule has 108 valence electrons. The molecule has 1 aromatic rings. The van der Waals surface area contributed by atoms with E-state index in [-0.39, 0.29) is 23.4 Å². The Morgan fingerprint density at radius 2 is 1.89 bits per heavy atom. The van der Waals surface area contributed by atoms with Crippen LogP contribution < -0.4 is 5.32 Å². The Morgan fingerprint density at radius 3 is 2.37 bits per heavy atom. The maximum atomic E-state index is 13.8. The molecule has 2 unspecified atom stereocenters. The zero-order valence-corrected chi connectivity index (χ0v) is 12.7. The van der Waals surface area contributed by atoms with Gasteiger partial charge in [-0.25, -0.2) is 4.39 Å². The molecule has 2 nitrogen and oxygen atoms in total. The number of benzene rings is 1. The van der Waals surface area contributed by atoms with Crippen LogP contribution in [0.1, 0.15) is 33.3 Å². The topological polar surface area (TPSA) is 21.3 Å². The van der Waals surface area contributed by atoms with Gasteiger partial charge in [0.05, 0.1) is 6.10 Å². The van der Waals surface area contributed by atoms with E-state index in [2.05, 4.69) is 26.1 Å². The lowest BCUT2D eigenvalue weighted by molar-refractivity contribution is -0.0341. The number of likely N-dealkylation sites (N-methyl/N-ethyl adjacent to an activating group) is 1. The Balaban J connectivity index is 2.89. The van der Waals surface area contributed by atoms with Crippen LogP contribution in [0.15, 0.2) is 24.3 Å². The summed E-state index contributed by atoms with van der Waals surface area (Å²) in [5, 5.41) is 3.28. The summed E-state index contributed by atoms with van der Waals surface area (Å²) in [7, 11) is 1.91. The molecule has 0 radical (unpaired) electrons. The smallest absolute Gasteiger partial charge is 0.126 e. The second-order valence-corrected chi connectivity index (χ2v) is 5.93. The van der Waals surface area contributed by atoms with Gasteiger partial charge in [-0.15, -0.1) is 0 Å². The van der Waals surface area contributed by atoms with Crippen molar-refractivity contribution >= 4 is 0 Å². The van der Waals surface area contributed by atoms with E-state index in [0.717, 1.165) is 5.56 Å². The summed E-state index contributed by atoms with van der Waals surface area (Å²) in [6.45, 7) is 9.11. The van der Waals surface area contributed by atoms with E-state index in [1.54, 1.807) is 6.07 Å². The molecule has 0 aliphatic carbocycles. The van der Waals surface area contributed by atoms with Crippen molar-refractivity contribution in [3.63, 3.8) is 0 Å². The van der Waals surface area contributed by atoms with Crippen molar-refractivity contribution in [2.24, 2.45) is 5.41 Å². The molecule has 0 saturated carbocycles. The lowest BCUT2D eigenvalue weighted by atomic mass is 9.82. The molecule has 0 fully saturated rings. The molecule has 0 amide bonds. The third kappa shape index (κ3) is 4.59. The molecule has 3 heteroatoms. The van der Waals surface area contributed by atoms with Gasteiger partial charge >= 0.3 is 0 Å². The lowest BCUT2D eigenvalue weighted by Crippen LogP contribution is -2.48. The zero-order chi connectivity index (χ0) is 14.5. The number of nitrogens with one attached hydrogen (secondary N) is 1. The van der Waals surface area contributed by atoms with Gasteiger partial charge in [-0.05, 0) is 37.4 Å². The second-order valence-electron chi connectivity index (χ2n) is 5.93. The Labute approximate surface area is 116 Å². The van der Waals surface area contributed by atoms with Gasteiger partial charge in [-0.3, -0.25) is 0 Å². The largest absolute Gasteiger partial charge is 0.376 e. The SMILES string of the molecule is CCOC(C(Cc1ccccc1F)NC)C(C)(C)C. The standard InChI is InChI=1S/C16H26FNO/c1-6-19-15(16(2,3)4)14(18-5)11-12-9-7-8-10-13(12)17/h7-10,14-15,18H,6,11H2,1-5H3. The maximum absolute atomic E-state index is 13.8. The van der Waals surface area contributed by atoms with Crippen molar-refractivity contribution in [3.05, 3.63) is 35.6 Å². The van der Waals surface area contributed by atoms with E-state index < -0.39 is 0 Å². The summed E-state index contributed by atoms with van der Waals surface area (Å²) in [5.74, 6) is -0.146. The van der Waals surface area contributed by atoms with Gasteiger partial charge < -0.3 is 10.1 Å². The molecule has 0 aromatic heterocycles. The van der Waals surface area contributed by atoms with Gasteiger partial charge in [-0.2, -0.15) is 0 Å². The minimum absolute atomic E-state index is 0.00887. The molecule has 0 saturated heterocycles. The van der Waals surface area contributed by atoms with Crippen LogP contribution in [0.4, 0.5) is 4.39 Å². The molecule has 0 aliphatic heterocycles. The molecular weight excluding hydrogens is 241 g/mol. The van der Waals surface area contributed by atoms with Crippen LogP contribution in [0.5, 0.6) is 0 Å². The number of hydrogen-bond acceptors (Lipinski definition) is 2. The molecular formula is C16H26FNO. The fourth-order valence-electron chi connectivity index (χ4n) is 2.41. The molecule has 0 aliphatic rings. The minimum atomic E-state index is -0.146. The fraction of sp³-hybridized carbons (Fsp3) is 0.625. The van der Waals surface area contributed by atoms with E-state index in [0.29, 0.717) is 13.0 Å². The van der Waals surface area contributed by atoms with Gasteiger partial charge in [0, 0.05) is 12.6 Å². The normalized spacial score (nSPS) is 15.3. The lowest BCUT2D eigenvalue weighted by Gasteiger charge is -2.36. The van der Waals surface area contributed by atoms with Crippen LogP contribution >= 0.6 is 0 Å². The summed E-state index contributed by atoms with van der Waals surface area (Å²) in [6.07, 6.45) is 0.674. The van der Waals surface area contributed by atoms with Gasteiger partial charge in [0.15, 0.2) is 0 Å².